The van der Waals surface area contributed by atoms with Crippen LogP contribution in [0.25, 0.3) is 0 Å². The molecular weight excluding hydrogens is 248 g/mol. The highest BCUT2D eigenvalue weighted by molar-refractivity contribution is 5.77. The number of ether oxygens (including phenoxy) is 1. The Bertz CT molecular complexity index is 348. The Morgan fingerprint density at radius 1 is 1.26 bits per heavy atom. The molecule has 1 saturated heterocycles. The molecule has 6 heteroatoms. The molecule has 19 heavy (non-hydrogen) atoms. The lowest BCUT2D eigenvalue weighted by molar-refractivity contribution is -0.141. The van der Waals surface area contributed by atoms with Crippen LogP contribution in [0.5, 0.6) is 0 Å². The van der Waals surface area contributed by atoms with Crippen LogP contribution in [0, 0.1) is 5.92 Å². The minimum Gasteiger partial charge on any atom is -0.481 e. The molecule has 2 N–H and O–H groups in total. The fourth-order valence-electron chi connectivity index (χ4n) is 2.94. The van der Waals surface area contributed by atoms with Gasteiger partial charge in [0, 0.05) is 20.2 Å². The Morgan fingerprint density at radius 2 is 2.00 bits per heavy atom. The first-order chi connectivity index (χ1) is 9.11. The Hall–Kier alpha value is -1.30. The van der Waals surface area contributed by atoms with Gasteiger partial charge in [-0.15, -0.1) is 0 Å². The molecule has 108 valence electrons. The highest BCUT2D eigenvalue weighted by Gasteiger charge is 2.33. The smallest absolute Gasteiger partial charge is 0.317 e. The Morgan fingerprint density at radius 3 is 2.63 bits per heavy atom. The highest BCUT2D eigenvalue weighted by Crippen LogP contribution is 2.22. The van der Waals surface area contributed by atoms with Gasteiger partial charge in [0.25, 0.3) is 0 Å². The van der Waals surface area contributed by atoms with E-state index in [1.807, 2.05) is 0 Å². The number of carboxylic acid groups (broad SMARTS) is 1. The van der Waals surface area contributed by atoms with Gasteiger partial charge in [0.1, 0.15) is 0 Å². The zero-order valence-electron chi connectivity index (χ0n) is 11.3. The average Bonchev–Trinajstić information content (AvgIpc) is 2.89. The third kappa shape index (κ3) is 3.37. The summed E-state index contributed by atoms with van der Waals surface area (Å²) in [6, 6.07) is -0.104. The van der Waals surface area contributed by atoms with E-state index in [4.69, 9.17) is 9.84 Å². The number of likely N-dealkylation sites (tertiary alicyclic amines) is 1. The molecule has 0 spiro atoms. The first kappa shape index (κ1) is 14.1. The van der Waals surface area contributed by atoms with Crippen LogP contribution >= 0.6 is 0 Å². The first-order valence-corrected chi connectivity index (χ1v) is 6.93. The van der Waals surface area contributed by atoms with Gasteiger partial charge in [-0.2, -0.15) is 0 Å². The molecule has 1 heterocycles. The van der Waals surface area contributed by atoms with E-state index in [2.05, 4.69) is 5.32 Å². The van der Waals surface area contributed by atoms with E-state index in [-0.39, 0.29) is 18.2 Å². The third-order valence-corrected chi connectivity index (χ3v) is 4.14. The standard InChI is InChI=1S/C13H22N2O4/c1-19-11-5-3-2-4-10(11)14-13(18)15-7-6-9(8-15)12(16)17/h9-11H,2-8H2,1H3,(H,14,18)(H,16,17)/t9?,10-,11-/m1/s1. The van der Waals surface area contributed by atoms with Crippen LogP contribution in [0.3, 0.4) is 0 Å². The summed E-state index contributed by atoms with van der Waals surface area (Å²) in [4.78, 5) is 24.6. The average molecular weight is 270 g/mol. The zero-order valence-corrected chi connectivity index (χ0v) is 11.3. The summed E-state index contributed by atoms with van der Waals surface area (Å²) in [5.74, 6) is -1.24. The van der Waals surface area contributed by atoms with Gasteiger partial charge in [-0.05, 0) is 19.3 Å². The molecule has 0 aromatic carbocycles. The van der Waals surface area contributed by atoms with Crippen molar-refractivity contribution in [3.63, 3.8) is 0 Å². The summed E-state index contributed by atoms with van der Waals surface area (Å²) < 4.78 is 5.40. The molecule has 1 saturated carbocycles. The molecule has 0 aromatic rings. The van der Waals surface area contributed by atoms with Crippen LogP contribution in [0.15, 0.2) is 0 Å². The number of rotatable bonds is 3. The summed E-state index contributed by atoms with van der Waals surface area (Å²) >= 11 is 0. The number of nitrogens with one attached hydrogen (secondary N) is 1. The largest absolute Gasteiger partial charge is 0.481 e. The van der Waals surface area contributed by atoms with E-state index in [1.54, 1.807) is 12.0 Å². The third-order valence-electron chi connectivity index (χ3n) is 4.14. The van der Waals surface area contributed by atoms with E-state index in [9.17, 15) is 9.59 Å². The van der Waals surface area contributed by atoms with Gasteiger partial charge in [-0.1, -0.05) is 12.8 Å². The molecular formula is C13H22N2O4. The number of urea groups is 1. The number of hydrogen-bond acceptors (Lipinski definition) is 3. The summed E-state index contributed by atoms with van der Waals surface area (Å²) in [6.45, 7) is 0.832. The molecule has 1 unspecified atom stereocenters. The molecule has 2 fully saturated rings. The quantitative estimate of drug-likeness (QED) is 0.803. The van der Waals surface area contributed by atoms with Crippen molar-refractivity contribution in [2.24, 2.45) is 5.92 Å². The van der Waals surface area contributed by atoms with E-state index >= 15 is 0 Å². The Balaban J connectivity index is 1.85. The second kappa shape index (κ2) is 6.23. The number of carbonyl (C=O) groups is 2. The van der Waals surface area contributed by atoms with E-state index in [0.717, 1.165) is 25.7 Å². The van der Waals surface area contributed by atoms with Crippen molar-refractivity contribution in [1.29, 1.82) is 0 Å². The summed E-state index contributed by atoms with van der Waals surface area (Å²) in [5.41, 5.74) is 0. The van der Waals surface area contributed by atoms with Crippen LogP contribution in [0.1, 0.15) is 32.1 Å². The van der Waals surface area contributed by atoms with Gasteiger partial charge in [0.2, 0.25) is 0 Å². The number of methoxy groups -OCH3 is 1. The van der Waals surface area contributed by atoms with Crippen LogP contribution in [-0.4, -0.2) is 54.4 Å². The number of hydrogen-bond donors (Lipinski definition) is 2. The molecule has 0 bridgehead atoms. The molecule has 1 aliphatic carbocycles. The summed E-state index contributed by atoms with van der Waals surface area (Å²) in [7, 11) is 1.67. The number of carboxylic acids is 1. The first-order valence-electron chi connectivity index (χ1n) is 6.93. The van der Waals surface area contributed by atoms with Crippen LogP contribution in [0.4, 0.5) is 4.79 Å². The molecule has 2 aliphatic rings. The predicted molar refractivity (Wildman–Crippen MR) is 68.9 cm³/mol. The fourth-order valence-corrected chi connectivity index (χ4v) is 2.94. The molecule has 3 atom stereocenters. The normalized spacial score (nSPS) is 31.2. The maximum Gasteiger partial charge on any atom is 0.317 e. The van der Waals surface area contributed by atoms with Gasteiger partial charge in [0.05, 0.1) is 18.1 Å². The van der Waals surface area contributed by atoms with E-state index < -0.39 is 11.9 Å². The number of amides is 2. The number of aliphatic carboxylic acids is 1. The van der Waals surface area contributed by atoms with E-state index in [1.165, 1.54) is 0 Å². The second-order valence-electron chi connectivity index (χ2n) is 5.38. The molecule has 2 rings (SSSR count). The zero-order chi connectivity index (χ0) is 13.8. The van der Waals surface area contributed by atoms with Crippen molar-refractivity contribution in [2.45, 2.75) is 44.2 Å². The predicted octanol–water partition coefficient (Wildman–Crippen LogP) is 1.06. The van der Waals surface area contributed by atoms with Crippen LogP contribution < -0.4 is 5.32 Å². The lowest BCUT2D eigenvalue weighted by Gasteiger charge is -2.32. The molecule has 2 amide bonds. The fraction of sp³-hybridized carbons (Fsp3) is 0.846. The van der Waals surface area contributed by atoms with Crippen LogP contribution in [0.2, 0.25) is 0 Å². The van der Waals surface area contributed by atoms with Crippen molar-refractivity contribution < 1.29 is 19.4 Å². The van der Waals surface area contributed by atoms with Gasteiger partial charge in [0.15, 0.2) is 0 Å². The maximum atomic E-state index is 12.1. The highest BCUT2D eigenvalue weighted by atomic mass is 16.5. The van der Waals surface area contributed by atoms with Crippen molar-refractivity contribution >= 4 is 12.0 Å². The van der Waals surface area contributed by atoms with Crippen LogP contribution in [-0.2, 0) is 9.53 Å². The lowest BCUT2D eigenvalue weighted by Crippen LogP contribution is -2.50. The maximum absolute atomic E-state index is 12.1. The van der Waals surface area contributed by atoms with Crippen molar-refractivity contribution in [3.05, 3.63) is 0 Å². The Kier molecular flexibility index (Phi) is 4.63. The summed E-state index contributed by atoms with van der Waals surface area (Å²) in [5, 5.41) is 11.9. The Labute approximate surface area is 113 Å². The van der Waals surface area contributed by atoms with Gasteiger partial charge in [-0.3, -0.25) is 4.79 Å². The number of carbonyl (C=O) groups excluding carboxylic acids is 1. The SMILES string of the molecule is CO[C@@H]1CCCC[C@H]1NC(=O)N1CCC(C(=O)O)C1. The van der Waals surface area contributed by atoms with Crippen molar-refractivity contribution in [2.75, 3.05) is 20.2 Å². The van der Waals surface area contributed by atoms with Gasteiger partial charge in [-0.25, -0.2) is 4.79 Å². The van der Waals surface area contributed by atoms with Gasteiger partial charge >= 0.3 is 12.0 Å². The number of nitrogens with zero attached hydrogens (tertiary/aromatic N) is 1. The topological polar surface area (TPSA) is 78.9 Å². The monoisotopic (exact) mass is 270 g/mol. The summed E-state index contributed by atoms with van der Waals surface area (Å²) in [6.07, 6.45) is 4.76. The minimum atomic E-state index is -0.817. The van der Waals surface area contributed by atoms with E-state index in [0.29, 0.717) is 19.5 Å². The molecule has 6 nitrogen and oxygen atoms in total. The minimum absolute atomic E-state index is 0.0510. The second-order valence-corrected chi connectivity index (χ2v) is 5.38. The molecule has 0 radical (unpaired) electrons. The van der Waals surface area contributed by atoms with Crippen molar-refractivity contribution in [3.8, 4) is 0 Å². The lowest BCUT2D eigenvalue weighted by atomic mass is 9.92. The van der Waals surface area contributed by atoms with Crippen molar-refractivity contribution in [1.82, 2.24) is 10.2 Å². The molecule has 1 aliphatic heterocycles. The van der Waals surface area contributed by atoms with Gasteiger partial charge < -0.3 is 20.1 Å². The molecule has 0 aromatic heterocycles.